The lowest BCUT2D eigenvalue weighted by atomic mass is 9.54. The Bertz CT molecular complexity index is 1310. The number of halogens is 3. The van der Waals surface area contributed by atoms with Gasteiger partial charge in [-0.3, -0.25) is 24.5 Å². The van der Waals surface area contributed by atoms with Crippen LogP contribution in [0.25, 0.3) is 0 Å². The summed E-state index contributed by atoms with van der Waals surface area (Å²) in [4.78, 5) is 51.3. The van der Waals surface area contributed by atoms with Gasteiger partial charge in [0.1, 0.15) is 37.4 Å². The third-order valence-corrected chi connectivity index (χ3v) is 7.15. The molecule has 1 saturated heterocycles. The first-order valence-corrected chi connectivity index (χ1v) is 11.9. The van der Waals surface area contributed by atoms with Gasteiger partial charge in [-0.25, -0.2) is 0 Å². The zero-order valence-corrected chi connectivity index (χ0v) is 21.1. The van der Waals surface area contributed by atoms with E-state index < -0.39 is 34.7 Å². The maximum atomic E-state index is 14.9. The number of carbonyl (C=O) groups excluding carboxylic acids is 4. The number of benzene rings is 2. The topological polar surface area (TPSA) is 95.6 Å². The highest BCUT2D eigenvalue weighted by Gasteiger charge is 2.45. The molecule has 4 amide bonds. The molecule has 2 aromatic rings. The number of amides is 4. The van der Waals surface area contributed by atoms with E-state index in [0.29, 0.717) is 27.6 Å². The van der Waals surface area contributed by atoms with Crippen LogP contribution in [-0.2, 0) is 32.2 Å². The summed E-state index contributed by atoms with van der Waals surface area (Å²) in [6.07, 6.45) is 0.372. The standard InChI is InChI=1S/C22H22B4ClF2N3O4/c23-13-7-12(22(25,26)31-20(36)21(28,29)9-1-3-10(27)4-2-9)17(24)11-8-32(19(35)16(11)13)14-5-6-15(33)30-18(14)34/h1-4,7,14H,5-6,8,23-26H2,(H,31,36)(H,30,33,34). The molecule has 0 spiro atoms. The largest absolute Gasteiger partial charge is 0.357 e. The number of hydrogen-bond donors (Lipinski definition) is 2. The number of imide groups is 1. The van der Waals surface area contributed by atoms with Crippen LogP contribution in [0.2, 0.25) is 5.02 Å². The lowest BCUT2D eigenvalue weighted by Crippen LogP contribution is -2.54. The van der Waals surface area contributed by atoms with E-state index in [2.05, 4.69) is 10.6 Å². The summed E-state index contributed by atoms with van der Waals surface area (Å²) in [5, 5.41) is 3.81. The fourth-order valence-corrected chi connectivity index (χ4v) is 5.09. The third-order valence-electron chi connectivity index (χ3n) is 6.89. The molecule has 2 heterocycles. The quantitative estimate of drug-likeness (QED) is 0.330. The number of rotatable bonds is 5. The number of piperidine rings is 1. The van der Waals surface area contributed by atoms with Crippen molar-refractivity contribution in [1.29, 1.82) is 0 Å². The van der Waals surface area contributed by atoms with Gasteiger partial charge < -0.3 is 10.2 Å². The van der Waals surface area contributed by atoms with Crippen molar-refractivity contribution in [2.45, 2.75) is 36.7 Å². The highest BCUT2D eigenvalue weighted by atomic mass is 35.5. The number of nitrogens with one attached hydrogen (secondary N) is 2. The maximum Gasteiger partial charge on any atom is 0.349 e. The molecule has 182 valence electrons. The molecular weight excluding hydrogens is 487 g/mol. The molecule has 36 heavy (non-hydrogen) atoms. The van der Waals surface area contributed by atoms with Crippen molar-refractivity contribution < 1.29 is 28.0 Å². The molecule has 0 saturated carbocycles. The summed E-state index contributed by atoms with van der Waals surface area (Å²) in [5.74, 6) is -6.46. The van der Waals surface area contributed by atoms with Gasteiger partial charge in [0.2, 0.25) is 11.8 Å². The molecule has 0 bridgehead atoms. The van der Waals surface area contributed by atoms with Crippen molar-refractivity contribution in [3.8, 4) is 0 Å². The first-order chi connectivity index (χ1) is 16.7. The smallest absolute Gasteiger partial charge is 0.349 e. The van der Waals surface area contributed by atoms with Crippen molar-refractivity contribution in [2.24, 2.45) is 0 Å². The molecule has 2 aliphatic heterocycles. The monoisotopic (exact) mass is 509 g/mol. The van der Waals surface area contributed by atoms with Gasteiger partial charge in [-0.2, -0.15) is 8.78 Å². The Morgan fingerprint density at radius 2 is 1.78 bits per heavy atom. The zero-order chi connectivity index (χ0) is 26.6. The fourth-order valence-electron chi connectivity index (χ4n) is 4.97. The van der Waals surface area contributed by atoms with Crippen molar-refractivity contribution >= 4 is 77.5 Å². The molecule has 2 aliphatic rings. The first-order valence-electron chi connectivity index (χ1n) is 11.5. The Labute approximate surface area is 215 Å². The average molecular weight is 509 g/mol. The molecule has 1 unspecified atom stereocenters. The van der Waals surface area contributed by atoms with Crippen LogP contribution in [0.1, 0.15) is 39.9 Å². The van der Waals surface area contributed by atoms with Crippen LogP contribution in [0.15, 0.2) is 30.3 Å². The van der Waals surface area contributed by atoms with Crippen LogP contribution in [0.5, 0.6) is 0 Å². The molecule has 1 fully saturated rings. The zero-order valence-electron chi connectivity index (χ0n) is 20.3. The van der Waals surface area contributed by atoms with Gasteiger partial charge in [0.25, 0.3) is 11.8 Å². The van der Waals surface area contributed by atoms with E-state index in [1.54, 1.807) is 37.5 Å². The number of carbonyl (C=O) groups is 4. The van der Waals surface area contributed by atoms with Crippen molar-refractivity contribution in [3.63, 3.8) is 0 Å². The van der Waals surface area contributed by atoms with E-state index in [9.17, 15) is 28.0 Å². The molecule has 14 heteroatoms. The van der Waals surface area contributed by atoms with E-state index in [-0.39, 0.29) is 36.2 Å². The van der Waals surface area contributed by atoms with Crippen LogP contribution in [0, 0.1) is 0 Å². The second-order valence-electron chi connectivity index (χ2n) is 9.78. The van der Waals surface area contributed by atoms with Crippen LogP contribution < -0.4 is 21.6 Å². The number of alkyl halides is 2. The molecular formula is C22H22B4ClF2N3O4. The van der Waals surface area contributed by atoms with Gasteiger partial charge in [-0.05, 0) is 29.7 Å². The highest BCUT2D eigenvalue weighted by Crippen LogP contribution is 2.31. The van der Waals surface area contributed by atoms with E-state index in [1.807, 2.05) is 0 Å². The molecule has 0 aliphatic carbocycles. The fraction of sp³-hybridized carbons (Fsp3) is 0.273. The van der Waals surface area contributed by atoms with Crippen LogP contribution in [-0.4, -0.2) is 66.0 Å². The lowest BCUT2D eigenvalue weighted by molar-refractivity contribution is -0.147. The summed E-state index contributed by atoms with van der Waals surface area (Å²) in [7, 11) is 6.73. The van der Waals surface area contributed by atoms with Crippen LogP contribution >= 0.6 is 11.6 Å². The van der Waals surface area contributed by atoms with Gasteiger partial charge in [0.15, 0.2) is 0 Å². The van der Waals surface area contributed by atoms with Gasteiger partial charge >= 0.3 is 5.92 Å². The second-order valence-corrected chi connectivity index (χ2v) is 10.2. The van der Waals surface area contributed by atoms with E-state index >= 15 is 0 Å². The minimum atomic E-state index is -3.79. The predicted octanol–water partition coefficient (Wildman–Crippen LogP) is -3.10. The minimum Gasteiger partial charge on any atom is -0.357 e. The van der Waals surface area contributed by atoms with E-state index in [1.165, 1.54) is 17.0 Å². The lowest BCUT2D eigenvalue weighted by Gasteiger charge is -2.32. The molecule has 2 N–H and O–H groups in total. The molecule has 1 atom stereocenters. The molecule has 7 nitrogen and oxygen atoms in total. The van der Waals surface area contributed by atoms with Gasteiger partial charge in [0, 0.05) is 34.5 Å². The average Bonchev–Trinajstić information content (AvgIpc) is 3.14. The number of nitrogens with zero attached hydrogens (tertiary/aromatic N) is 1. The van der Waals surface area contributed by atoms with Gasteiger partial charge in [0.05, 0.1) is 0 Å². The summed E-state index contributed by atoms with van der Waals surface area (Å²) in [5.41, 5.74) is 2.50. The Morgan fingerprint density at radius 1 is 1.14 bits per heavy atom. The summed E-state index contributed by atoms with van der Waals surface area (Å²) in [6.45, 7) is 0.145. The Kier molecular flexibility index (Phi) is 6.58. The maximum absolute atomic E-state index is 14.9. The van der Waals surface area contributed by atoms with E-state index in [0.717, 1.165) is 12.1 Å². The SMILES string of the molecule is Bc1cc(C(B)(B)NC(=O)C(F)(F)c2ccc(Cl)cc2)c(B)c2c1C(=O)N(C1CCC(=O)NC1=O)C2. The predicted molar refractivity (Wildman–Crippen MR) is 141 cm³/mol. The summed E-state index contributed by atoms with van der Waals surface area (Å²) >= 11 is 5.78. The van der Waals surface area contributed by atoms with Crippen LogP contribution in [0.3, 0.4) is 0 Å². The Balaban J connectivity index is 1.63. The summed E-state index contributed by atoms with van der Waals surface area (Å²) in [6, 6.07) is 5.74. The second kappa shape index (κ2) is 9.10. The van der Waals surface area contributed by atoms with Crippen molar-refractivity contribution in [3.05, 3.63) is 57.6 Å². The van der Waals surface area contributed by atoms with Crippen molar-refractivity contribution in [2.75, 3.05) is 0 Å². The van der Waals surface area contributed by atoms with Gasteiger partial charge in [-0.1, -0.05) is 40.7 Å². The first kappa shape index (κ1) is 26.0. The van der Waals surface area contributed by atoms with Crippen molar-refractivity contribution in [1.82, 2.24) is 15.5 Å². The highest BCUT2D eigenvalue weighted by molar-refractivity contribution is 6.46. The van der Waals surface area contributed by atoms with Crippen LogP contribution in [0.4, 0.5) is 8.78 Å². The van der Waals surface area contributed by atoms with E-state index in [4.69, 9.17) is 11.6 Å². The number of hydrogen-bond acceptors (Lipinski definition) is 4. The normalized spacial score (nSPS) is 18.1. The minimum absolute atomic E-state index is 0.140. The Morgan fingerprint density at radius 3 is 2.39 bits per heavy atom. The van der Waals surface area contributed by atoms with Gasteiger partial charge in [-0.15, -0.1) is 0 Å². The third kappa shape index (κ3) is 4.45. The number of fused-ring (bicyclic) bond motifs is 1. The molecule has 4 rings (SSSR count). The Hall–Kier alpha value is -3.07. The molecule has 2 aromatic carbocycles. The summed E-state index contributed by atoms with van der Waals surface area (Å²) < 4.78 is 29.9. The molecule has 0 radical (unpaired) electrons. The molecule has 0 aromatic heterocycles.